The molecule has 0 saturated carbocycles. The van der Waals surface area contributed by atoms with E-state index in [4.69, 9.17) is 9.84 Å². The molecule has 1 aromatic carbocycles. The van der Waals surface area contributed by atoms with Crippen LogP contribution in [0, 0.1) is 17.0 Å². The molecule has 0 aromatic heterocycles. The fraction of sp³-hybridized carbons (Fsp3) is 0.500. The number of ether oxygens (including phenoxy) is 1. The summed E-state index contributed by atoms with van der Waals surface area (Å²) in [7, 11) is 0. The summed E-state index contributed by atoms with van der Waals surface area (Å²) in [5.41, 5.74) is 0.637. The van der Waals surface area contributed by atoms with Crippen LogP contribution < -0.4 is 4.74 Å². The van der Waals surface area contributed by atoms with Gasteiger partial charge >= 0.3 is 5.69 Å². The molecule has 0 fully saturated rings. The van der Waals surface area contributed by atoms with Crippen LogP contribution in [-0.2, 0) is 0 Å². The Morgan fingerprint density at radius 1 is 1.35 bits per heavy atom. The maximum Gasteiger partial charge on any atom is 0.313 e. The Hall–Kier alpha value is -1.62. The molecule has 94 valence electrons. The number of unbranched alkanes of at least 4 members (excludes halogenated alkanes) is 2. The lowest BCUT2D eigenvalue weighted by Crippen LogP contribution is -2.02. The van der Waals surface area contributed by atoms with E-state index in [9.17, 15) is 10.1 Å². The quantitative estimate of drug-likeness (QED) is 0.450. The van der Waals surface area contributed by atoms with E-state index in [1.54, 1.807) is 25.1 Å². The molecule has 0 aliphatic carbocycles. The minimum atomic E-state index is -0.418. The molecular formula is C12H17NO4. The van der Waals surface area contributed by atoms with E-state index in [1.807, 2.05) is 0 Å². The molecule has 0 saturated heterocycles. The van der Waals surface area contributed by atoms with Gasteiger partial charge in [0, 0.05) is 12.2 Å². The topological polar surface area (TPSA) is 72.6 Å². The highest BCUT2D eigenvalue weighted by molar-refractivity contribution is 5.51. The van der Waals surface area contributed by atoms with Gasteiger partial charge < -0.3 is 9.84 Å². The Bertz CT molecular complexity index is 379. The van der Waals surface area contributed by atoms with Crippen LogP contribution in [0.25, 0.3) is 0 Å². The Morgan fingerprint density at radius 2 is 2.12 bits per heavy atom. The maximum atomic E-state index is 10.9. The molecule has 0 unspecified atom stereocenters. The Morgan fingerprint density at radius 3 is 2.76 bits per heavy atom. The SMILES string of the molecule is Cc1cccc(OCCCCCO)c1[N+](=O)[O-]. The highest BCUT2D eigenvalue weighted by Crippen LogP contribution is 2.30. The van der Waals surface area contributed by atoms with Crippen molar-refractivity contribution in [2.45, 2.75) is 26.2 Å². The Kier molecular flexibility index (Phi) is 5.42. The van der Waals surface area contributed by atoms with Crippen molar-refractivity contribution in [2.24, 2.45) is 0 Å². The molecular weight excluding hydrogens is 222 g/mol. The molecule has 1 rings (SSSR count). The zero-order valence-electron chi connectivity index (χ0n) is 9.89. The maximum absolute atomic E-state index is 10.9. The van der Waals surface area contributed by atoms with E-state index in [2.05, 4.69) is 0 Å². The van der Waals surface area contributed by atoms with Gasteiger partial charge in [0.05, 0.1) is 11.5 Å². The van der Waals surface area contributed by atoms with Crippen molar-refractivity contribution in [3.8, 4) is 5.75 Å². The summed E-state index contributed by atoms with van der Waals surface area (Å²) in [6.07, 6.45) is 2.38. The molecule has 0 bridgehead atoms. The van der Waals surface area contributed by atoms with Gasteiger partial charge in [0.2, 0.25) is 0 Å². The minimum absolute atomic E-state index is 0.0367. The molecule has 1 aromatic rings. The summed E-state index contributed by atoms with van der Waals surface area (Å²) in [5.74, 6) is 0.319. The Labute approximate surface area is 100 Å². The molecule has 1 N–H and O–H groups in total. The number of nitro benzene ring substituents is 1. The van der Waals surface area contributed by atoms with Crippen molar-refractivity contribution in [2.75, 3.05) is 13.2 Å². The number of aliphatic hydroxyl groups excluding tert-OH is 1. The molecule has 0 radical (unpaired) electrons. The highest BCUT2D eigenvalue weighted by atomic mass is 16.6. The molecule has 0 amide bonds. The Balaban J connectivity index is 2.58. The summed E-state index contributed by atoms with van der Waals surface area (Å²) >= 11 is 0. The van der Waals surface area contributed by atoms with E-state index in [-0.39, 0.29) is 12.3 Å². The number of rotatable bonds is 7. The fourth-order valence-electron chi connectivity index (χ4n) is 1.56. The van der Waals surface area contributed by atoms with Crippen molar-refractivity contribution in [3.05, 3.63) is 33.9 Å². The van der Waals surface area contributed by atoms with Gasteiger partial charge in [-0.1, -0.05) is 12.1 Å². The molecule has 0 spiro atoms. The number of aliphatic hydroxyl groups is 1. The largest absolute Gasteiger partial charge is 0.487 e. The van der Waals surface area contributed by atoms with E-state index in [1.165, 1.54) is 0 Å². The lowest BCUT2D eigenvalue weighted by molar-refractivity contribution is -0.386. The van der Waals surface area contributed by atoms with Gasteiger partial charge in [-0.05, 0) is 32.3 Å². The first kappa shape index (κ1) is 13.4. The van der Waals surface area contributed by atoms with E-state index < -0.39 is 4.92 Å². The number of nitrogens with zero attached hydrogens (tertiary/aromatic N) is 1. The van der Waals surface area contributed by atoms with Gasteiger partial charge in [-0.2, -0.15) is 0 Å². The summed E-state index contributed by atoms with van der Waals surface area (Å²) in [4.78, 5) is 10.5. The number of nitro groups is 1. The van der Waals surface area contributed by atoms with E-state index >= 15 is 0 Å². The monoisotopic (exact) mass is 239 g/mol. The van der Waals surface area contributed by atoms with Gasteiger partial charge in [0.1, 0.15) is 0 Å². The zero-order chi connectivity index (χ0) is 12.7. The molecule has 5 nitrogen and oxygen atoms in total. The van der Waals surface area contributed by atoms with Crippen LogP contribution in [0.15, 0.2) is 18.2 Å². The standard InChI is InChI=1S/C12H17NO4/c1-10-6-5-7-11(12(10)13(15)16)17-9-4-2-3-8-14/h5-7,14H,2-4,8-9H2,1H3. The smallest absolute Gasteiger partial charge is 0.313 e. The van der Waals surface area contributed by atoms with Crippen LogP contribution in [0.5, 0.6) is 5.75 Å². The van der Waals surface area contributed by atoms with Crippen LogP contribution in [0.4, 0.5) is 5.69 Å². The van der Waals surface area contributed by atoms with Gasteiger partial charge in [0.15, 0.2) is 5.75 Å². The second-order valence-corrected chi connectivity index (χ2v) is 3.81. The van der Waals surface area contributed by atoms with Gasteiger partial charge in [-0.15, -0.1) is 0 Å². The second kappa shape index (κ2) is 6.85. The van der Waals surface area contributed by atoms with Crippen LogP contribution in [0.2, 0.25) is 0 Å². The third-order valence-electron chi connectivity index (χ3n) is 2.44. The summed E-state index contributed by atoms with van der Waals surface area (Å²) in [6.45, 7) is 2.30. The number of para-hydroxylation sites is 1. The third kappa shape index (κ3) is 4.03. The first-order chi connectivity index (χ1) is 8.16. The molecule has 5 heteroatoms. The zero-order valence-corrected chi connectivity index (χ0v) is 9.89. The molecule has 0 aliphatic heterocycles. The van der Waals surface area contributed by atoms with Crippen molar-refractivity contribution < 1.29 is 14.8 Å². The van der Waals surface area contributed by atoms with Crippen LogP contribution in [-0.4, -0.2) is 23.2 Å². The van der Waals surface area contributed by atoms with Crippen molar-refractivity contribution in [1.29, 1.82) is 0 Å². The molecule has 0 heterocycles. The van der Waals surface area contributed by atoms with Crippen molar-refractivity contribution >= 4 is 5.69 Å². The number of hydrogen-bond acceptors (Lipinski definition) is 4. The predicted octanol–water partition coefficient (Wildman–Crippen LogP) is 2.44. The first-order valence-corrected chi connectivity index (χ1v) is 5.64. The lowest BCUT2D eigenvalue weighted by atomic mass is 10.2. The van der Waals surface area contributed by atoms with E-state index in [0.717, 1.165) is 19.3 Å². The predicted molar refractivity (Wildman–Crippen MR) is 64.3 cm³/mol. The van der Waals surface area contributed by atoms with Crippen LogP contribution in [0.1, 0.15) is 24.8 Å². The van der Waals surface area contributed by atoms with E-state index in [0.29, 0.717) is 17.9 Å². The average Bonchev–Trinajstić information content (AvgIpc) is 2.28. The summed E-state index contributed by atoms with van der Waals surface area (Å²) in [5, 5.41) is 19.5. The molecule has 17 heavy (non-hydrogen) atoms. The fourth-order valence-corrected chi connectivity index (χ4v) is 1.56. The van der Waals surface area contributed by atoms with Crippen molar-refractivity contribution in [1.82, 2.24) is 0 Å². The molecule has 0 atom stereocenters. The minimum Gasteiger partial charge on any atom is -0.487 e. The van der Waals surface area contributed by atoms with Gasteiger partial charge in [-0.25, -0.2) is 0 Å². The number of benzene rings is 1. The summed E-state index contributed by atoms with van der Waals surface area (Å²) < 4.78 is 5.40. The summed E-state index contributed by atoms with van der Waals surface area (Å²) in [6, 6.07) is 5.04. The first-order valence-electron chi connectivity index (χ1n) is 5.64. The van der Waals surface area contributed by atoms with Gasteiger partial charge in [-0.3, -0.25) is 10.1 Å². The highest BCUT2D eigenvalue weighted by Gasteiger charge is 2.17. The number of hydrogen-bond donors (Lipinski definition) is 1. The third-order valence-corrected chi connectivity index (χ3v) is 2.44. The number of aryl methyl sites for hydroxylation is 1. The second-order valence-electron chi connectivity index (χ2n) is 3.81. The molecule has 0 aliphatic rings. The normalized spacial score (nSPS) is 10.2. The average molecular weight is 239 g/mol. The van der Waals surface area contributed by atoms with Gasteiger partial charge in [0.25, 0.3) is 0 Å². The lowest BCUT2D eigenvalue weighted by Gasteiger charge is -2.07. The van der Waals surface area contributed by atoms with Crippen LogP contribution in [0.3, 0.4) is 0 Å². The van der Waals surface area contributed by atoms with Crippen molar-refractivity contribution in [3.63, 3.8) is 0 Å². The van der Waals surface area contributed by atoms with Crippen LogP contribution >= 0.6 is 0 Å².